The first-order chi connectivity index (χ1) is 9.71. The Kier molecular flexibility index (Phi) is 3.58. The minimum Gasteiger partial charge on any atom is -0.497 e. The Bertz CT molecular complexity index is 666. The van der Waals surface area contributed by atoms with E-state index in [9.17, 15) is 0 Å². The highest BCUT2D eigenvalue weighted by Gasteiger charge is 2.23. The molecule has 0 amide bonds. The molecular formula is C15H15BrN2O2. The number of benzene rings is 1. The molecule has 0 saturated carbocycles. The highest BCUT2D eigenvalue weighted by atomic mass is 79.9. The van der Waals surface area contributed by atoms with Gasteiger partial charge in [0, 0.05) is 24.4 Å². The SMILES string of the molecule is COc1cc(Br)c2oc(C3CCN(C#N)CC3)cc2c1. The second-order valence-corrected chi connectivity index (χ2v) is 5.89. The topological polar surface area (TPSA) is 49.4 Å². The molecule has 1 fully saturated rings. The Labute approximate surface area is 126 Å². The molecule has 1 aliphatic heterocycles. The Morgan fingerprint density at radius 1 is 1.35 bits per heavy atom. The lowest BCUT2D eigenvalue weighted by atomic mass is 9.94. The molecule has 5 heteroatoms. The first-order valence-corrected chi connectivity index (χ1v) is 7.42. The van der Waals surface area contributed by atoms with E-state index < -0.39 is 0 Å². The minimum absolute atomic E-state index is 0.393. The normalized spacial score (nSPS) is 16.4. The predicted molar refractivity (Wildman–Crippen MR) is 79.6 cm³/mol. The first kappa shape index (κ1) is 13.3. The molecule has 2 aromatic rings. The van der Waals surface area contributed by atoms with Crippen molar-refractivity contribution in [2.45, 2.75) is 18.8 Å². The number of piperidine rings is 1. The van der Waals surface area contributed by atoms with E-state index >= 15 is 0 Å². The van der Waals surface area contributed by atoms with E-state index in [0.717, 1.165) is 52.9 Å². The van der Waals surface area contributed by atoms with Gasteiger partial charge in [0.05, 0.1) is 11.6 Å². The lowest BCUT2D eigenvalue weighted by molar-refractivity contribution is 0.277. The molecule has 0 N–H and O–H groups in total. The number of rotatable bonds is 2. The van der Waals surface area contributed by atoms with E-state index in [0.29, 0.717) is 5.92 Å². The Balaban J connectivity index is 1.90. The van der Waals surface area contributed by atoms with E-state index in [-0.39, 0.29) is 0 Å². The number of likely N-dealkylation sites (tertiary alicyclic amines) is 1. The molecule has 104 valence electrons. The van der Waals surface area contributed by atoms with Crippen molar-refractivity contribution in [2.24, 2.45) is 0 Å². The quantitative estimate of drug-likeness (QED) is 0.782. The van der Waals surface area contributed by atoms with Gasteiger partial charge in [-0.25, -0.2) is 0 Å². The molecule has 0 radical (unpaired) electrons. The van der Waals surface area contributed by atoms with E-state index in [4.69, 9.17) is 14.4 Å². The van der Waals surface area contributed by atoms with E-state index in [1.54, 1.807) is 12.0 Å². The summed E-state index contributed by atoms with van der Waals surface area (Å²) in [6.07, 6.45) is 4.13. The zero-order valence-electron chi connectivity index (χ0n) is 11.2. The summed E-state index contributed by atoms with van der Waals surface area (Å²) in [5, 5.41) is 9.94. The van der Waals surface area contributed by atoms with Crippen molar-refractivity contribution in [3.8, 4) is 11.9 Å². The summed E-state index contributed by atoms with van der Waals surface area (Å²) in [4.78, 5) is 1.80. The van der Waals surface area contributed by atoms with Crippen LogP contribution < -0.4 is 4.74 Å². The van der Waals surface area contributed by atoms with Crippen LogP contribution in [0.5, 0.6) is 5.75 Å². The monoisotopic (exact) mass is 334 g/mol. The predicted octanol–water partition coefficient (Wildman–Crippen LogP) is 3.86. The lowest BCUT2D eigenvalue weighted by Crippen LogP contribution is -2.28. The number of nitriles is 1. The molecule has 0 aliphatic carbocycles. The summed E-state index contributed by atoms with van der Waals surface area (Å²) in [6, 6.07) is 5.99. The highest BCUT2D eigenvalue weighted by Crippen LogP contribution is 2.36. The van der Waals surface area contributed by atoms with Gasteiger partial charge < -0.3 is 14.1 Å². The number of ether oxygens (including phenoxy) is 1. The number of methoxy groups -OCH3 is 1. The maximum Gasteiger partial charge on any atom is 0.179 e. The van der Waals surface area contributed by atoms with Crippen LogP contribution in [0, 0.1) is 11.5 Å². The fraction of sp³-hybridized carbons (Fsp3) is 0.400. The molecular weight excluding hydrogens is 320 g/mol. The molecule has 0 spiro atoms. The third kappa shape index (κ3) is 2.36. The van der Waals surface area contributed by atoms with Gasteiger partial charge in [-0.05, 0) is 47.0 Å². The van der Waals surface area contributed by atoms with Crippen LogP contribution in [0.1, 0.15) is 24.5 Å². The van der Waals surface area contributed by atoms with E-state index in [1.807, 2.05) is 12.1 Å². The summed E-state index contributed by atoms with van der Waals surface area (Å²) >= 11 is 3.52. The third-order valence-corrected chi connectivity index (χ3v) is 4.43. The Morgan fingerprint density at radius 3 is 2.75 bits per heavy atom. The van der Waals surface area contributed by atoms with Crippen molar-refractivity contribution in [2.75, 3.05) is 20.2 Å². The zero-order chi connectivity index (χ0) is 14.1. The highest BCUT2D eigenvalue weighted by molar-refractivity contribution is 9.10. The molecule has 20 heavy (non-hydrogen) atoms. The molecule has 1 aromatic heterocycles. The average Bonchev–Trinajstić information content (AvgIpc) is 2.92. The van der Waals surface area contributed by atoms with Crippen LogP contribution >= 0.6 is 15.9 Å². The third-order valence-electron chi connectivity index (χ3n) is 3.84. The maximum atomic E-state index is 8.89. The largest absolute Gasteiger partial charge is 0.497 e. The van der Waals surface area contributed by atoms with Crippen molar-refractivity contribution < 1.29 is 9.15 Å². The van der Waals surface area contributed by atoms with Gasteiger partial charge in [0.2, 0.25) is 0 Å². The number of halogens is 1. The van der Waals surface area contributed by atoms with Crippen LogP contribution in [0.4, 0.5) is 0 Å². The summed E-state index contributed by atoms with van der Waals surface area (Å²) in [5.41, 5.74) is 0.864. The number of hydrogen-bond acceptors (Lipinski definition) is 4. The van der Waals surface area contributed by atoms with Crippen molar-refractivity contribution in [3.05, 3.63) is 28.4 Å². The molecule has 2 heterocycles. The van der Waals surface area contributed by atoms with Crippen LogP contribution in [-0.2, 0) is 0 Å². The Morgan fingerprint density at radius 2 is 2.10 bits per heavy atom. The van der Waals surface area contributed by atoms with Crippen molar-refractivity contribution in [3.63, 3.8) is 0 Å². The molecule has 1 aliphatic rings. The lowest BCUT2D eigenvalue weighted by Gasteiger charge is -2.26. The molecule has 3 rings (SSSR count). The van der Waals surface area contributed by atoms with Crippen LogP contribution in [0.25, 0.3) is 11.0 Å². The van der Waals surface area contributed by atoms with Gasteiger partial charge in [-0.15, -0.1) is 0 Å². The number of furan rings is 1. The van der Waals surface area contributed by atoms with Crippen molar-refractivity contribution in [1.29, 1.82) is 5.26 Å². The fourth-order valence-electron chi connectivity index (χ4n) is 2.69. The molecule has 1 saturated heterocycles. The van der Waals surface area contributed by atoms with Gasteiger partial charge in [0.25, 0.3) is 0 Å². The van der Waals surface area contributed by atoms with E-state index in [1.165, 1.54) is 0 Å². The zero-order valence-corrected chi connectivity index (χ0v) is 12.8. The van der Waals surface area contributed by atoms with Crippen molar-refractivity contribution >= 4 is 26.9 Å². The van der Waals surface area contributed by atoms with Crippen LogP contribution in [0.15, 0.2) is 27.1 Å². The van der Waals surface area contributed by atoms with E-state index in [2.05, 4.69) is 28.2 Å². The molecule has 0 bridgehead atoms. The summed E-state index contributed by atoms with van der Waals surface area (Å²) in [5.74, 6) is 2.22. The molecule has 0 unspecified atom stereocenters. The van der Waals surface area contributed by atoms with Gasteiger partial charge in [0.15, 0.2) is 6.19 Å². The van der Waals surface area contributed by atoms with Crippen LogP contribution in [0.2, 0.25) is 0 Å². The van der Waals surface area contributed by atoms with Crippen LogP contribution in [-0.4, -0.2) is 25.1 Å². The fourth-order valence-corrected chi connectivity index (χ4v) is 3.22. The molecule has 1 aromatic carbocycles. The molecule has 4 nitrogen and oxygen atoms in total. The van der Waals surface area contributed by atoms with Gasteiger partial charge in [-0.3, -0.25) is 0 Å². The smallest absolute Gasteiger partial charge is 0.179 e. The second kappa shape index (κ2) is 5.37. The van der Waals surface area contributed by atoms with Gasteiger partial charge in [-0.2, -0.15) is 5.26 Å². The standard InChI is InChI=1S/C15H15BrN2O2/c1-19-12-6-11-7-14(20-15(11)13(16)8-12)10-2-4-18(9-17)5-3-10/h6-8,10H,2-5H2,1H3. The number of hydrogen-bond donors (Lipinski definition) is 0. The van der Waals surface area contributed by atoms with Gasteiger partial charge in [-0.1, -0.05) is 0 Å². The van der Waals surface area contributed by atoms with Crippen LogP contribution in [0.3, 0.4) is 0 Å². The Hall–Kier alpha value is -1.67. The number of nitrogens with zero attached hydrogens (tertiary/aromatic N) is 2. The average molecular weight is 335 g/mol. The summed E-state index contributed by atoms with van der Waals surface area (Å²) in [7, 11) is 1.66. The van der Waals surface area contributed by atoms with Gasteiger partial charge in [0.1, 0.15) is 17.1 Å². The number of fused-ring (bicyclic) bond motifs is 1. The summed E-state index contributed by atoms with van der Waals surface area (Å²) in [6.45, 7) is 1.62. The first-order valence-electron chi connectivity index (χ1n) is 6.63. The van der Waals surface area contributed by atoms with Gasteiger partial charge >= 0.3 is 0 Å². The summed E-state index contributed by atoms with van der Waals surface area (Å²) < 4.78 is 12.2. The minimum atomic E-state index is 0.393. The maximum absolute atomic E-state index is 8.89. The molecule has 0 atom stereocenters. The second-order valence-electron chi connectivity index (χ2n) is 5.04. The van der Waals surface area contributed by atoms with Crippen molar-refractivity contribution in [1.82, 2.24) is 4.90 Å².